The monoisotopic (exact) mass is 729 g/mol. The number of carbonyl (C=O) groups is 1. The Hall–Kier alpha value is -6.31. The number of pyridine rings is 1. The molecule has 1 atom stereocenters. The SMILES string of the molecule is O=S(=O)([O-])c1ccccc1.[C-]#[N+]c1ccc(-n2nccc2-c2c(C(=O)NC(C)c3cc[n+](C)cc3)c(=O)n(-c3cccc(C(F)(F)F)c3)n2C)cc1. The van der Waals surface area contributed by atoms with Crippen molar-refractivity contribution in [2.45, 2.75) is 24.0 Å². The Morgan fingerprint density at radius 1 is 0.962 bits per heavy atom. The first-order valence-electron chi connectivity index (χ1n) is 15.4. The summed E-state index contributed by atoms with van der Waals surface area (Å²) in [7, 11) is -0.900. The Morgan fingerprint density at radius 3 is 2.19 bits per heavy atom. The molecule has 0 saturated heterocycles. The van der Waals surface area contributed by atoms with Gasteiger partial charge >= 0.3 is 6.18 Å². The molecule has 6 rings (SSSR count). The van der Waals surface area contributed by atoms with Crippen LogP contribution >= 0.6 is 0 Å². The molecule has 0 aliphatic rings. The normalized spacial score (nSPS) is 12.0. The van der Waals surface area contributed by atoms with E-state index in [-0.39, 0.29) is 21.8 Å². The number of nitrogens with zero attached hydrogens (tertiary/aromatic N) is 6. The maximum atomic E-state index is 13.9. The van der Waals surface area contributed by atoms with Gasteiger partial charge in [-0.2, -0.15) is 18.3 Å². The number of aromatic nitrogens is 5. The van der Waals surface area contributed by atoms with Crippen molar-refractivity contribution in [1.82, 2.24) is 24.5 Å². The molecule has 1 unspecified atom stereocenters. The van der Waals surface area contributed by atoms with Crippen LogP contribution in [-0.2, 0) is 30.4 Å². The fourth-order valence-electron chi connectivity index (χ4n) is 5.31. The molecule has 0 aliphatic heterocycles. The van der Waals surface area contributed by atoms with E-state index in [0.29, 0.717) is 17.1 Å². The third-order valence-electron chi connectivity index (χ3n) is 7.90. The number of alkyl halides is 3. The van der Waals surface area contributed by atoms with Crippen molar-refractivity contribution in [3.05, 3.63) is 154 Å². The third kappa shape index (κ3) is 8.01. The molecule has 0 fully saturated rings. The Labute approximate surface area is 296 Å². The molecular formula is C36H30F3N7O5S. The minimum Gasteiger partial charge on any atom is -0.744 e. The molecule has 0 radical (unpaired) electrons. The molecule has 16 heteroatoms. The molecule has 0 saturated carbocycles. The predicted molar refractivity (Wildman–Crippen MR) is 183 cm³/mol. The lowest BCUT2D eigenvalue weighted by Gasteiger charge is -2.15. The van der Waals surface area contributed by atoms with E-state index in [4.69, 9.17) is 6.57 Å². The van der Waals surface area contributed by atoms with Crippen molar-refractivity contribution < 1.29 is 35.5 Å². The summed E-state index contributed by atoms with van der Waals surface area (Å²) in [5.74, 6) is -0.701. The van der Waals surface area contributed by atoms with Gasteiger partial charge in [0.25, 0.3) is 11.5 Å². The van der Waals surface area contributed by atoms with Gasteiger partial charge < -0.3 is 9.87 Å². The van der Waals surface area contributed by atoms with E-state index in [1.807, 2.05) is 36.1 Å². The first-order chi connectivity index (χ1) is 24.6. The van der Waals surface area contributed by atoms with Crippen molar-refractivity contribution in [2.75, 3.05) is 0 Å². The molecule has 6 aromatic rings. The van der Waals surface area contributed by atoms with E-state index in [0.717, 1.165) is 22.4 Å². The van der Waals surface area contributed by atoms with Gasteiger partial charge in [-0.3, -0.25) is 14.3 Å². The Kier molecular flexibility index (Phi) is 10.6. The van der Waals surface area contributed by atoms with E-state index in [2.05, 4.69) is 15.3 Å². The molecule has 3 aromatic carbocycles. The van der Waals surface area contributed by atoms with Crippen LogP contribution in [0.4, 0.5) is 18.9 Å². The molecule has 3 heterocycles. The predicted octanol–water partition coefficient (Wildman–Crippen LogP) is 5.50. The van der Waals surface area contributed by atoms with Crippen LogP contribution in [0.25, 0.3) is 27.6 Å². The average Bonchev–Trinajstić information content (AvgIpc) is 3.70. The zero-order chi connectivity index (χ0) is 37.8. The number of rotatable bonds is 7. The molecule has 1 N–H and O–H groups in total. The summed E-state index contributed by atoms with van der Waals surface area (Å²) in [6.45, 7) is 8.97. The van der Waals surface area contributed by atoms with Gasteiger partial charge in [0.1, 0.15) is 28.4 Å². The lowest BCUT2D eigenvalue weighted by atomic mass is 10.1. The van der Waals surface area contributed by atoms with Gasteiger partial charge in [-0.25, -0.2) is 27.2 Å². The smallest absolute Gasteiger partial charge is 0.416 e. The zero-order valence-electron chi connectivity index (χ0n) is 27.8. The minimum atomic E-state index is -4.63. The summed E-state index contributed by atoms with van der Waals surface area (Å²) in [5.41, 5.74) is 0.202. The van der Waals surface area contributed by atoms with Gasteiger partial charge in [0.05, 0.1) is 46.3 Å². The fourth-order valence-corrected chi connectivity index (χ4v) is 5.80. The van der Waals surface area contributed by atoms with Crippen LogP contribution in [0.15, 0.2) is 125 Å². The highest BCUT2D eigenvalue weighted by molar-refractivity contribution is 7.85. The van der Waals surface area contributed by atoms with Crippen molar-refractivity contribution in [1.29, 1.82) is 0 Å². The molecule has 266 valence electrons. The van der Waals surface area contributed by atoms with Crippen molar-refractivity contribution in [2.24, 2.45) is 14.1 Å². The maximum Gasteiger partial charge on any atom is 0.416 e. The van der Waals surface area contributed by atoms with E-state index >= 15 is 0 Å². The first kappa shape index (κ1) is 37.0. The number of carbonyl (C=O) groups excluding carboxylic acids is 1. The fraction of sp³-hybridized carbons (Fsp3) is 0.139. The summed E-state index contributed by atoms with van der Waals surface area (Å²) in [5, 5.41) is 7.23. The Morgan fingerprint density at radius 2 is 1.62 bits per heavy atom. The molecule has 3 aromatic heterocycles. The quantitative estimate of drug-likeness (QED) is 0.131. The molecule has 52 heavy (non-hydrogen) atoms. The summed E-state index contributed by atoms with van der Waals surface area (Å²) >= 11 is 0. The number of hydrogen-bond donors (Lipinski definition) is 1. The topological polar surface area (TPSA) is 139 Å². The lowest BCUT2D eigenvalue weighted by Crippen LogP contribution is -2.33. The van der Waals surface area contributed by atoms with Crippen LogP contribution in [0.5, 0.6) is 0 Å². The van der Waals surface area contributed by atoms with Crippen LogP contribution in [-0.4, -0.2) is 38.0 Å². The number of aryl methyl sites for hydroxylation is 1. The van der Waals surface area contributed by atoms with Gasteiger partial charge in [0, 0.05) is 19.2 Å². The van der Waals surface area contributed by atoms with Gasteiger partial charge in [0.15, 0.2) is 18.1 Å². The van der Waals surface area contributed by atoms with Gasteiger partial charge in [-0.1, -0.05) is 36.4 Å². The number of benzene rings is 3. The highest BCUT2D eigenvalue weighted by atomic mass is 32.2. The Balaban J connectivity index is 0.000000452. The zero-order valence-corrected chi connectivity index (χ0v) is 28.6. The maximum absolute atomic E-state index is 13.9. The number of halogens is 3. The summed E-state index contributed by atoms with van der Waals surface area (Å²) in [4.78, 5) is 30.9. The minimum absolute atomic E-state index is 0.0614. The number of amides is 1. The Bertz CT molecular complexity index is 2430. The number of hydrogen-bond acceptors (Lipinski definition) is 6. The lowest BCUT2D eigenvalue weighted by molar-refractivity contribution is -0.671. The molecule has 0 aliphatic carbocycles. The molecule has 0 spiro atoms. The van der Waals surface area contributed by atoms with Crippen molar-refractivity contribution in [3.63, 3.8) is 0 Å². The standard InChI is InChI=1S/C30H24F3N7O2.C6H6O3S/c1-19(20-13-16-37(3)17-14-20)36-28(41)26-27(25-12-15-35-39(25)23-10-8-22(34-2)9-11-23)38(4)40(29(26)42)24-7-5-6-21(18-24)30(31,32)33;7-10(8,9)6-4-2-1-3-5-6/h5-19H,1,3-4H3;1-5H,(H,7,8,9). The van der Waals surface area contributed by atoms with Crippen LogP contribution in [0.1, 0.15) is 34.5 Å². The largest absolute Gasteiger partial charge is 0.744 e. The summed E-state index contributed by atoms with van der Waals surface area (Å²) < 4.78 is 77.2. The summed E-state index contributed by atoms with van der Waals surface area (Å²) in [6, 6.07) is 22.9. The molecule has 12 nitrogen and oxygen atoms in total. The average molecular weight is 730 g/mol. The van der Waals surface area contributed by atoms with Crippen molar-refractivity contribution >= 4 is 21.7 Å². The third-order valence-corrected chi connectivity index (χ3v) is 8.75. The molecular weight excluding hydrogens is 700 g/mol. The van der Waals surface area contributed by atoms with Crippen LogP contribution in [0, 0.1) is 6.57 Å². The number of nitrogens with one attached hydrogen (secondary N) is 1. The molecule has 1 amide bonds. The van der Waals surface area contributed by atoms with Crippen LogP contribution in [0.3, 0.4) is 0 Å². The van der Waals surface area contributed by atoms with E-state index in [1.165, 1.54) is 59.0 Å². The van der Waals surface area contributed by atoms with Crippen molar-refractivity contribution in [3.8, 4) is 22.8 Å². The highest BCUT2D eigenvalue weighted by Gasteiger charge is 2.33. The second-order valence-corrected chi connectivity index (χ2v) is 12.8. The van der Waals surface area contributed by atoms with E-state index in [1.54, 1.807) is 43.3 Å². The van der Waals surface area contributed by atoms with Gasteiger partial charge in [-0.15, -0.1) is 0 Å². The molecule has 0 bridgehead atoms. The highest BCUT2D eigenvalue weighted by Crippen LogP contribution is 2.32. The van der Waals surface area contributed by atoms with Gasteiger partial charge in [0.2, 0.25) is 0 Å². The second kappa shape index (κ2) is 14.9. The van der Waals surface area contributed by atoms with E-state index in [9.17, 15) is 35.7 Å². The first-order valence-corrected chi connectivity index (χ1v) is 16.8. The summed E-state index contributed by atoms with van der Waals surface area (Å²) in [6.07, 6.45) is 0.499. The van der Waals surface area contributed by atoms with Crippen LogP contribution in [0.2, 0.25) is 0 Å². The second-order valence-electron chi connectivity index (χ2n) is 11.4. The van der Waals surface area contributed by atoms with E-state index < -0.39 is 39.4 Å². The van der Waals surface area contributed by atoms with Gasteiger partial charge in [-0.05, 0) is 61.0 Å². The van der Waals surface area contributed by atoms with Crippen LogP contribution < -0.4 is 15.4 Å².